The number of thioether (sulfide) groups is 1. The molecule has 0 radical (unpaired) electrons. The number of nitrogens with zero attached hydrogens (tertiary/aromatic N) is 3. The Hall–Kier alpha value is -3.75. The van der Waals surface area contributed by atoms with Crippen molar-refractivity contribution in [1.29, 1.82) is 0 Å². The normalized spacial score (nSPS) is 18.0. The van der Waals surface area contributed by atoms with Crippen LogP contribution in [0.15, 0.2) is 81.9 Å². The van der Waals surface area contributed by atoms with Gasteiger partial charge in [0.15, 0.2) is 0 Å². The second-order valence-corrected chi connectivity index (χ2v) is 10.1. The molecule has 0 saturated carbocycles. The predicted molar refractivity (Wildman–Crippen MR) is 154 cm³/mol. The van der Waals surface area contributed by atoms with Gasteiger partial charge >= 0.3 is 5.97 Å². The fourth-order valence-corrected chi connectivity index (χ4v) is 5.74. The maximum atomic E-state index is 12.7. The maximum Gasteiger partial charge on any atom is 0.344 e. The third kappa shape index (κ3) is 5.28. The summed E-state index contributed by atoms with van der Waals surface area (Å²) in [6, 6.07) is 20.0. The van der Waals surface area contributed by atoms with E-state index in [4.69, 9.17) is 9.47 Å². The molecule has 0 atom stereocenters. The van der Waals surface area contributed by atoms with Gasteiger partial charge in [0.1, 0.15) is 16.4 Å². The Kier molecular flexibility index (Phi) is 7.72. The summed E-state index contributed by atoms with van der Waals surface area (Å²) in [6.45, 7) is 9.38. The van der Waals surface area contributed by atoms with E-state index in [1.165, 1.54) is 17.4 Å². The number of carbonyl (C=O) groups is 1. The highest BCUT2D eigenvalue weighted by Crippen LogP contribution is 2.41. The zero-order chi connectivity index (χ0) is 26.6. The minimum atomic E-state index is -0.582. The van der Waals surface area contributed by atoms with Crippen LogP contribution in [-0.2, 0) is 14.3 Å². The van der Waals surface area contributed by atoms with E-state index in [2.05, 4.69) is 58.6 Å². The Bertz CT molecular complexity index is 1420. The first-order chi connectivity index (χ1) is 18.5. The van der Waals surface area contributed by atoms with Gasteiger partial charge in [0.05, 0.1) is 30.4 Å². The molecule has 196 valence electrons. The molecule has 8 heteroatoms. The average Bonchev–Trinajstić information content (AvgIpc) is 3.39. The summed E-state index contributed by atoms with van der Waals surface area (Å²) in [7, 11) is 0. The molecule has 7 nitrogen and oxygen atoms in total. The van der Waals surface area contributed by atoms with E-state index >= 15 is 0 Å². The van der Waals surface area contributed by atoms with E-state index in [1.807, 2.05) is 36.4 Å². The van der Waals surface area contributed by atoms with Crippen LogP contribution in [0.25, 0.3) is 11.8 Å². The van der Waals surface area contributed by atoms with Gasteiger partial charge in [0.2, 0.25) is 0 Å². The summed E-state index contributed by atoms with van der Waals surface area (Å²) >= 11 is 1.27. The molecule has 5 rings (SSSR count). The number of esters is 1. The number of carbonyl (C=O) groups excluding carboxylic acids is 1. The summed E-state index contributed by atoms with van der Waals surface area (Å²) in [5, 5.41) is 11.5. The van der Waals surface area contributed by atoms with Gasteiger partial charge in [-0.3, -0.25) is 0 Å². The van der Waals surface area contributed by atoms with Crippen LogP contribution in [0.3, 0.4) is 0 Å². The number of para-hydroxylation sites is 1. The number of aliphatic imine (C=N–C) groups is 1. The minimum absolute atomic E-state index is 0.0967. The summed E-state index contributed by atoms with van der Waals surface area (Å²) in [5.41, 5.74) is 6.12. The van der Waals surface area contributed by atoms with Crippen LogP contribution < -0.4 is 4.90 Å². The van der Waals surface area contributed by atoms with E-state index in [0.717, 1.165) is 48.9 Å². The second-order valence-electron chi connectivity index (χ2n) is 9.08. The summed E-state index contributed by atoms with van der Waals surface area (Å²) in [6.07, 6.45) is 1.91. The number of aliphatic hydroxyl groups is 1. The zero-order valence-electron chi connectivity index (χ0n) is 21.8. The molecule has 2 aromatic carbocycles. The number of hydrogen-bond donors (Lipinski definition) is 1. The molecule has 0 spiro atoms. The van der Waals surface area contributed by atoms with Crippen LogP contribution in [0.1, 0.15) is 23.9 Å². The first-order valence-corrected chi connectivity index (χ1v) is 13.5. The molecule has 2 aliphatic rings. The lowest BCUT2D eigenvalue weighted by atomic mass is 10.1. The molecule has 0 bridgehead atoms. The first kappa shape index (κ1) is 25.9. The monoisotopic (exact) mass is 529 g/mol. The molecular weight excluding hydrogens is 498 g/mol. The van der Waals surface area contributed by atoms with Gasteiger partial charge < -0.3 is 24.0 Å². The zero-order valence-corrected chi connectivity index (χ0v) is 22.6. The van der Waals surface area contributed by atoms with Gasteiger partial charge in [-0.25, -0.2) is 9.79 Å². The fraction of sp³-hybridized carbons (Fsp3) is 0.267. The highest BCUT2D eigenvalue weighted by Gasteiger charge is 2.33. The number of hydrogen-bond acceptors (Lipinski definition) is 7. The summed E-state index contributed by atoms with van der Waals surface area (Å²) in [4.78, 5) is 20.3. The van der Waals surface area contributed by atoms with Crippen molar-refractivity contribution in [3.05, 3.63) is 93.9 Å². The Balaban J connectivity index is 1.47. The standard InChI is InChI=1S/C30H31N3O4S/c1-4-37-30(35)27-28(34)26(38-29(27)31-23-8-6-5-7-9-23)19-22-18-20(2)33(21(22)3)25-12-10-24(11-13-25)32-14-16-36-17-15-32/h5-13,18-19,34H,4,14-17H2,1-3H3/b26-19-,31-29?. The van der Waals surface area contributed by atoms with Crippen LogP contribution in [0, 0.1) is 13.8 Å². The van der Waals surface area contributed by atoms with E-state index in [-0.39, 0.29) is 17.9 Å². The van der Waals surface area contributed by atoms with Crippen LogP contribution in [0.2, 0.25) is 0 Å². The third-order valence-electron chi connectivity index (χ3n) is 6.60. The third-order valence-corrected chi connectivity index (χ3v) is 7.62. The number of aliphatic hydroxyl groups excluding tert-OH is 1. The number of aryl methyl sites for hydroxylation is 1. The Morgan fingerprint density at radius 1 is 1.08 bits per heavy atom. The van der Waals surface area contributed by atoms with Crippen molar-refractivity contribution in [2.75, 3.05) is 37.8 Å². The van der Waals surface area contributed by atoms with Crippen molar-refractivity contribution < 1.29 is 19.4 Å². The smallest absolute Gasteiger partial charge is 0.344 e. The number of anilines is 1. The minimum Gasteiger partial charge on any atom is -0.506 e. The number of rotatable bonds is 6. The molecule has 3 aromatic rings. The molecule has 38 heavy (non-hydrogen) atoms. The first-order valence-electron chi connectivity index (χ1n) is 12.7. The van der Waals surface area contributed by atoms with Gasteiger partial charge in [-0.05, 0) is 74.9 Å². The topological polar surface area (TPSA) is 76.3 Å². The van der Waals surface area contributed by atoms with E-state index in [9.17, 15) is 9.90 Å². The molecule has 0 aliphatic carbocycles. The number of ether oxygens (including phenoxy) is 2. The van der Waals surface area contributed by atoms with Crippen LogP contribution in [0.5, 0.6) is 0 Å². The van der Waals surface area contributed by atoms with Crippen molar-refractivity contribution >= 4 is 40.2 Å². The van der Waals surface area contributed by atoms with Gasteiger partial charge in [-0.15, -0.1) is 0 Å². The molecule has 2 aliphatic heterocycles. The van der Waals surface area contributed by atoms with Crippen LogP contribution >= 0.6 is 11.8 Å². The van der Waals surface area contributed by atoms with Gasteiger partial charge in [-0.1, -0.05) is 30.0 Å². The Morgan fingerprint density at radius 2 is 1.76 bits per heavy atom. The van der Waals surface area contributed by atoms with Crippen LogP contribution in [0.4, 0.5) is 11.4 Å². The van der Waals surface area contributed by atoms with Crippen molar-refractivity contribution in [3.63, 3.8) is 0 Å². The Labute approximate surface area is 227 Å². The van der Waals surface area contributed by atoms with Crippen LogP contribution in [-0.4, -0.2) is 53.6 Å². The molecule has 0 unspecified atom stereocenters. The van der Waals surface area contributed by atoms with E-state index in [0.29, 0.717) is 15.6 Å². The molecule has 0 amide bonds. The number of aromatic nitrogens is 1. The molecule has 1 fully saturated rings. The number of benzene rings is 2. The lowest BCUT2D eigenvalue weighted by Crippen LogP contribution is -2.36. The quantitative estimate of drug-likeness (QED) is 0.388. The van der Waals surface area contributed by atoms with Crippen molar-refractivity contribution in [3.8, 4) is 5.69 Å². The molecule has 3 heterocycles. The largest absolute Gasteiger partial charge is 0.506 e. The van der Waals surface area contributed by atoms with E-state index in [1.54, 1.807) is 6.92 Å². The van der Waals surface area contributed by atoms with Crippen molar-refractivity contribution in [2.45, 2.75) is 20.8 Å². The number of morpholine rings is 1. The van der Waals surface area contributed by atoms with Gasteiger partial charge in [-0.2, -0.15) is 0 Å². The highest BCUT2D eigenvalue weighted by atomic mass is 32.2. The Morgan fingerprint density at radius 3 is 2.45 bits per heavy atom. The molecular formula is C30H31N3O4S. The summed E-state index contributed by atoms with van der Waals surface area (Å²) in [5.74, 6) is -0.691. The predicted octanol–water partition coefficient (Wildman–Crippen LogP) is 6.12. The maximum absolute atomic E-state index is 12.7. The lowest BCUT2D eigenvalue weighted by molar-refractivity contribution is -0.138. The summed E-state index contributed by atoms with van der Waals surface area (Å²) < 4.78 is 12.9. The van der Waals surface area contributed by atoms with E-state index < -0.39 is 5.97 Å². The lowest BCUT2D eigenvalue weighted by Gasteiger charge is -2.29. The molecule has 1 saturated heterocycles. The second kappa shape index (κ2) is 11.3. The van der Waals surface area contributed by atoms with Gasteiger partial charge in [0, 0.05) is 35.9 Å². The van der Waals surface area contributed by atoms with Crippen molar-refractivity contribution in [1.82, 2.24) is 4.57 Å². The molecule has 1 N–H and O–H groups in total. The fourth-order valence-electron chi connectivity index (χ4n) is 4.72. The van der Waals surface area contributed by atoms with Crippen molar-refractivity contribution in [2.24, 2.45) is 4.99 Å². The molecule has 1 aromatic heterocycles. The SMILES string of the molecule is CCOC(=O)C1=C(O)/C(=C/c2cc(C)n(-c3ccc(N4CCOCC4)cc3)c2C)SC1=Nc1ccccc1. The van der Waals surface area contributed by atoms with Gasteiger partial charge in [0.25, 0.3) is 0 Å². The average molecular weight is 530 g/mol. The highest BCUT2D eigenvalue weighted by molar-refractivity contribution is 8.18.